The number of amides is 2. The molecule has 0 aromatic carbocycles. The molecule has 2 aliphatic heterocycles. The van der Waals surface area contributed by atoms with Crippen molar-refractivity contribution >= 4 is 46.4 Å². The number of carbonyl (C=O) groups excluding carboxylic acids is 2. The van der Waals surface area contributed by atoms with Crippen LogP contribution in [0.1, 0.15) is 119 Å². The van der Waals surface area contributed by atoms with Gasteiger partial charge in [-0.2, -0.15) is 0 Å². The average molecular weight is 759 g/mol. The van der Waals surface area contributed by atoms with E-state index < -0.39 is 11.9 Å². The van der Waals surface area contributed by atoms with Crippen molar-refractivity contribution in [3.8, 4) is 0 Å². The molecular formula is C38H54N4O8S2. The molecule has 52 heavy (non-hydrogen) atoms. The zero-order valence-corrected chi connectivity index (χ0v) is 31.4. The Bertz CT molecular complexity index is 1380. The highest BCUT2D eigenvalue weighted by Crippen LogP contribution is 2.45. The van der Waals surface area contributed by atoms with Crippen molar-refractivity contribution in [1.29, 1.82) is 0 Å². The molecule has 2 aromatic rings. The zero-order chi connectivity index (χ0) is 36.5. The Morgan fingerprint density at radius 2 is 1.00 bits per heavy atom. The molecule has 4 saturated carbocycles. The van der Waals surface area contributed by atoms with Crippen LogP contribution in [0.2, 0.25) is 0 Å². The van der Waals surface area contributed by atoms with Crippen LogP contribution in [-0.2, 0) is 19.1 Å². The van der Waals surface area contributed by atoms with E-state index in [1.165, 1.54) is 61.4 Å². The Balaban J connectivity index is 0.000000149. The van der Waals surface area contributed by atoms with Gasteiger partial charge in [0.25, 0.3) is 11.8 Å². The van der Waals surface area contributed by atoms with Crippen LogP contribution < -0.4 is 21.3 Å². The number of nitrogens with one attached hydrogen (secondary N) is 4. The minimum atomic E-state index is -1.08. The average Bonchev–Trinajstić information content (AvgIpc) is 3.98. The molecule has 2 aromatic heterocycles. The number of carboxylic acid groups (broad SMARTS) is 2. The third-order valence-corrected chi connectivity index (χ3v) is 12.6. The van der Waals surface area contributed by atoms with E-state index in [4.69, 9.17) is 19.7 Å². The number of rotatable bonds is 15. The molecule has 0 bridgehead atoms. The van der Waals surface area contributed by atoms with E-state index in [0.29, 0.717) is 23.9 Å². The van der Waals surface area contributed by atoms with Crippen LogP contribution in [0.15, 0.2) is 22.9 Å². The summed E-state index contributed by atoms with van der Waals surface area (Å²) in [5, 5.41) is 33.4. The number of hydrogen-bond donors (Lipinski definition) is 6. The maximum atomic E-state index is 12.3. The quantitative estimate of drug-likeness (QED) is 0.146. The Hall–Kier alpha value is -2.88. The predicted octanol–water partition coefficient (Wildman–Crippen LogP) is 4.96. The minimum absolute atomic E-state index is 0.0811. The summed E-state index contributed by atoms with van der Waals surface area (Å²) in [7, 11) is 0. The van der Waals surface area contributed by atoms with Crippen LogP contribution in [0.5, 0.6) is 0 Å². The Morgan fingerprint density at radius 1 is 0.615 bits per heavy atom. The van der Waals surface area contributed by atoms with Crippen LogP contribution in [0.4, 0.5) is 0 Å². The molecule has 4 aliphatic carbocycles. The second kappa shape index (κ2) is 18.9. The summed E-state index contributed by atoms with van der Waals surface area (Å²) in [5.41, 5.74) is 1.67. The second-order valence-corrected chi connectivity index (χ2v) is 17.0. The number of carboxylic acids is 2. The normalized spacial score (nSPS) is 25.5. The molecule has 4 atom stereocenters. The molecule has 0 spiro atoms. The van der Waals surface area contributed by atoms with Gasteiger partial charge in [0.2, 0.25) is 0 Å². The van der Waals surface area contributed by atoms with Crippen LogP contribution in [0.3, 0.4) is 0 Å². The van der Waals surface area contributed by atoms with Gasteiger partial charge < -0.3 is 41.0 Å². The summed E-state index contributed by atoms with van der Waals surface area (Å²) in [6.45, 7) is 5.41. The highest BCUT2D eigenvalue weighted by molar-refractivity contribution is 7.10. The Kier molecular flexibility index (Phi) is 14.1. The van der Waals surface area contributed by atoms with Crippen molar-refractivity contribution in [2.24, 2.45) is 11.8 Å². The first-order chi connectivity index (χ1) is 25.2. The molecule has 0 unspecified atom stereocenters. The van der Waals surface area contributed by atoms with Crippen molar-refractivity contribution in [3.63, 3.8) is 0 Å². The standard InChI is InChI=1S/2C17H24N2O2S.C4H6O4/c2*20-17(19-13-3-5-21-6-4-13)12-7-16(22-10-12)14-8-15(14)18-9-11-1-2-11;5-3(6)1-2-4(7)8/h2*7,10-11,13-15,18H,1-6,8-9H2,(H,19,20);1-2H2,(H,5,6)(H,7,8)/t2*14-,15-;/m11./s1. The molecule has 0 radical (unpaired) electrons. The van der Waals surface area contributed by atoms with Gasteiger partial charge in [-0.3, -0.25) is 19.2 Å². The molecule has 2 amide bonds. The molecule has 6 fully saturated rings. The second-order valence-electron chi connectivity index (χ2n) is 15.1. The summed E-state index contributed by atoms with van der Waals surface area (Å²) >= 11 is 3.48. The minimum Gasteiger partial charge on any atom is -0.481 e. The van der Waals surface area contributed by atoms with Gasteiger partial charge in [0, 0.05) is 82.9 Å². The lowest BCUT2D eigenvalue weighted by Crippen LogP contribution is -2.38. The fourth-order valence-corrected chi connectivity index (χ4v) is 8.65. The highest BCUT2D eigenvalue weighted by Gasteiger charge is 2.41. The molecule has 2 saturated heterocycles. The molecule has 8 rings (SSSR count). The van der Waals surface area contributed by atoms with Crippen LogP contribution >= 0.6 is 22.7 Å². The largest absolute Gasteiger partial charge is 0.481 e. The number of thiophene rings is 2. The number of ether oxygens (including phenoxy) is 2. The highest BCUT2D eigenvalue weighted by atomic mass is 32.1. The van der Waals surface area contributed by atoms with Crippen molar-refractivity contribution in [2.45, 2.75) is 113 Å². The lowest BCUT2D eigenvalue weighted by atomic mass is 10.1. The van der Waals surface area contributed by atoms with Gasteiger partial charge in [-0.05, 0) is 101 Å². The molecule has 4 heterocycles. The molecule has 286 valence electrons. The van der Waals surface area contributed by atoms with Gasteiger partial charge in [-0.1, -0.05) is 0 Å². The number of carbonyl (C=O) groups is 4. The lowest BCUT2D eigenvalue weighted by molar-refractivity contribution is -0.143. The first-order valence-corrected chi connectivity index (χ1v) is 20.8. The first-order valence-electron chi connectivity index (χ1n) is 19.1. The first kappa shape index (κ1) is 38.8. The van der Waals surface area contributed by atoms with Gasteiger partial charge in [0.15, 0.2) is 0 Å². The summed E-state index contributed by atoms with van der Waals surface area (Å²) in [6, 6.07) is 6.04. The topological polar surface area (TPSA) is 175 Å². The van der Waals surface area contributed by atoms with Crippen molar-refractivity contribution in [3.05, 3.63) is 43.8 Å². The predicted molar refractivity (Wildman–Crippen MR) is 200 cm³/mol. The van der Waals surface area contributed by atoms with Gasteiger partial charge in [-0.15, -0.1) is 22.7 Å². The van der Waals surface area contributed by atoms with E-state index in [1.54, 1.807) is 22.7 Å². The molecule has 14 heteroatoms. The Labute approximate surface area is 313 Å². The lowest BCUT2D eigenvalue weighted by Gasteiger charge is -2.22. The summed E-state index contributed by atoms with van der Waals surface area (Å²) in [4.78, 5) is 46.6. The van der Waals surface area contributed by atoms with Gasteiger partial charge in [0.1, 0.15) is 0 Å². The molecular weight excluding hydrogens is 705 g/mol. The fourth-order valence-electron chi connectivity index (χ4n) is 6.52. The van der Waals surface area contributed by atoms with E-state index in [-0.39, 0.29) is 36.7 Å². The molecule has 6 N–H and O–H groups in total. The summed E-state index contributed by atoms with van der Waals surface area (Å²) in [5.74, 6) is 1.15. The monoisotopic (exact) mass is 758 g/mol. The van der Waals surface area contributed by atoms with E-state index in [0.717, 1.165) is 75.1 Å². The maximum absolute atomic E-state index is 12.3. The zero-order valence-electron chi connectivity index (χ0n) is 29.8. The molecule has 12 nitrogen and oxygen atoms in total. The smallest absolute Gasteiger partial charge is 0.303 e. The van der Waals surface area contributed by atoms with Crippen molar-refractivity contribution in [2.75, 3.05) is 39.5 Å². The van der Waals surface area contributed by atoms with Crippen LogP contribution in [-0.4, -0.2) is 97.7 Å². The number of hydrogen-bond acceptors (Lipinski definition) is 10. The summed E-state index contributed by atoms with van der Waals surface area (Å²) in [6.07, 6.45) is 11.2. The van der Waals surface area contributed by atoms with Crippen molar-refractivity contribution in [1.82, 2.24) is 21.3 Å². The third-order valence-electron chi connectivity index (χ3n) is 10.5. The third kappa shape index (κ3) is 12.9. The molecule has 6 aliphatic rings. The summed E-state index contributed by atoms with van der Waals surface area (Å²) < 4.78 is 10.7. The van der Waals surface area contributed by atoms with Crippen molar-refractivity contribution < 1.29 is 38.9 Å². The van der Waals surface area contributed by atoms with E-state index >= 15 is 0 Å². The van der Waals surface area contributed by atoms with Gasteiger partial charge in [-0.25, -0.2) is 0 Å². The van der Waals surface area contributed by atoms with Crippen LogP contribution in [0.25, 0.3) is 0 Å². The maximum Gasteiger partial charge on any atom is 0.303 e. The SMILES string of the molecule is O=C(NC1CCOCC1)c1csc([C@@H]2C[C@H]2NCC2CC2)c1.O=C(NC1CCOCC1)c1csc([C@@H]2C[C@H]2NCC2CC2)c1.O=C(O)CCC(=O)O. The number of aliphatic carboxylic acids is 2. The van der Waals surface area contributed by atoms with Gasteiger partial charge >= 0.3 is 11.9 Å². The fraction of sp³-hybridized carbons (Fsp3) is 0.684. The van der Waals surface area contributed by atoms with Crippen LogP contribution in [0, 0.1) is 11.8 Å². The van der Waals surface area contributed by atoms with E-state index in [1.807, 2.05) is 10.8 Å². The van der Waals surface area contributed by atoms with Gasteiger partial charge in [0.05, 0.1) is 24.0 Å². The Morgan fingerprint density at radius 3 is 1.35 bits per heavy atom. The van der Waals surface area contributed by atoms with E-state index in [2.05, 4.69) is 33.4 Å². The van der Waals surface area contributed by atoms with E-state index in [9.17, 15) is 19.2 Å².